The highest BCUT2D eigenvalue weighted by Gasteiger charge is 2.65. The summed E-state index contributed by atoms with van der Waals surface area (Å²) in [6, 6.07) is 56.5. The van der Waals surface area contributed by atoms with Gasteiger partial charge in [0.15, 0.2) is 24.4 Å². The molecule has 1 N–H and O–H groups in total. The summed E-state index contributed by atoms with van der Waals surface area (Å²) >= 11 is 0. The summed E-state index contributed by atoms with van der Waals surface area (Å²) < 4.78 is 64.4. The van der Waals surface area contributed by atoms with Crippen LogP contribution in [0.2, 0.25) is 0 Å². The second-order valence-corrected chi connectivity index (χ2v) is 18.3. The smallest absolute Gasteiger partial charge is 0.303 e. The molecule has 0 amide bonds. The lowest BCUT2D eigenvalue weighted by Crippen LogP contribution is -2.65. The van der Waals surface area contributed by atoms with E-state index < -0.39 is 116 Å². The van der Waals surface area contributed by atoms with E-state index in [0.29, 0.717) is 16.7 Å². The van der Waals surface area contributed by atoms with Crippen LogP contribution in [0.25, 0.3) is 0 Å². The third kappa shape index (κ3) is 11.9. The Balaban J connectivity index is 1.34. The van der Waals surface area contributed by atoms with Gasteiger partial charge < -0.3 is 52.5 Å². The number of hydrogen-bond acceptors (Lipinski definition) is 16. The zero-order valence-corrected chi connectivity index (χ0v) is 42.6. The van der Waals surface area contributed by atoms with E-state index in [1.54, 1.807) is 0 Å². The van der Waals surface area contributed by atoms with Crippen LogP contribution in [0, 0.1) is 0 Å². The van der Waals surface area contributed by atoms with Gasteiger partial charge >= 0.3 is 29.8 Å². The third-order valence-electron chi connectivity index (χ3n) is 13.1. The van der Waals surface area contributed by atoms with Crippen molar-refractivity contribution < 1.29 is 76.4 Å². The van der Waals surface area contributed by atoms with Gasteiger partial charge in [0.2, 0.25) is 12.1 Å². The highest BCUT2D eigenvalue weighted by atomic mass is 16.8. The Hall–Kier alpha value is -7.57. The van der Waals surface area contributed by atoms with Gasteiger partial charge in [0.05, 0.1) is 6.61 Å². The molecule has 0 aromatic heterocycles. The van der Waals surface area contributed by atoms with E-state index in [4.69, 9.17) is 47.4 Å². The summed E-state index contributed by atoms with van der Waals surface area (Å²) in [5, 5.41) is 12.1. The minimum atomic E-state index is -2.48. The molecule has 9 atom stereocenters. The first-order chi connectivity index (χ1) is 36.7. The first-order valence-corrected chi connectivity index (χ1v) is 24.8. The van der Waals surface area contributed by atoms with Crippen molar-refractivity contribution in [2.75, 3.05) is 19.8 Å². The molecule has 2 saturated heterocycles. The van der Waals surface area contributed by atoms with Crippen molar-refractivity contribution in [1.82, 2.24) is 0 Å². The second kappa shape index (κ2) is 24.4. The molecule has 2 fully saturated rings. The Labute approximate surface area is 440 Å². The van der Waals surface area contributed by atoms with E-state index in [1.165, 1.54) is 6.92 Å². The van der Waals surface area contributed by atoms with E-state index in [2.05, 4.69) is 0 Å². The van der Waals surface area contributed by atoms with Gasteiger partial charge in [-0.25, -0.2) is 0 Å². The minimum absolute atomic E-state index is 0.397. The number of carbonyl (C=O) groups is 5. The van der Waals surface area contributed by atoms with Crippen LogP contribution in [0.4, 0.5) is 0 Å². The molecule has 0 unspecified atom stereocenters. The normalized spacial score (nSPS) is 23.4. The van der Waals surface area contributed by atoms with E-state index in [9.17, 15) is 29.1 Å². The number of esters is 5. The van der Waals surface area contributed by atoms with E-state index in [0.717, 1.165) is 44.4 Å². The summed E-state index contributed by atoms with van der Waals surface area (Å²) in [5.74, 6) is -6.63. The number of benzene rings is 6. The molecule has 6 aromatic rings. The van der Waals surface area contributed by atoms with Gasteiger partial charge in [0.25, 0.3) is 0 Å². The zero-order valence-electron chi connectivity index (χ0n) is 42.6. The Morgan fingerprint density at radius 3 is 1.17 bits per heavy atom. The molecular weight excluding hydrogens is 977 g/mol. The van der Waals surface area contributed by atoms with Crippen LogP contribution in [0.3, 0.4) is 0 Å². The average molecular weight is 1040 g/mol. The van der Waals surface area contributed by atoms with Gasteiger partial charge in [-0.3, -0.25) is 24.0 Å². The zero-order chi connectivity index (χ0) is 53.9. The molecule has 0 aliphatic carbocycles. The lowest BCUT2D eigenvalue weighted by atomic mass is 9.80. The Morgan fingerprint density at radius 2 is 0.803 bits per heavy atom. The molecule has 16 nitrogen and oxygen atoms in total. The molecule has 0 saturated carbocycles. The van der Waals surface area contributed by atoms with Gasteiger partial charge in [-0.1, -0.05) is 182 Å². The second-order valence-electron chi connectivity index (χ2n) is 18.3. The average Bonchev–Trinajstić information content (AvgIpc) is 3.71. The summed E-state index contributed by atoms with van der Waals surface area (Å²) in [6.07, 6.45) is -13.4. The Bertz CT molecular complexity index is 2680. The molecule has 2 aliphatic heterocycles. The largest absolute Gasteiger partial charge is 0.463 e. The lowest BCUT2D eigenvalue weighted by Gasteiger charge is -2.46. The third-order valence-corrected chi connectivity index (χ3v) is 13.1. The van der Waals surface area contributed by atoms with Crippen molar-refractivity contribution in [3.05, 3.63) is 215 Å². The molecule has 2 heterocycles. The van der Waals surface area contributed by atoms with Crippen LogP contribution in [-0.4, -0.2) is 110 Å². The van der Waals surface area contributed by atoms with Gasteiger partial charge in [-0.15, -0.1) is 0 Å². The maximum atomic E-state index is 13.7. The van der Waals surface area contributed by atoms with E-state index in [1.807, 2.05) is 182 Å². The molecule has 16 heteroatoms. The van der Waals surface area contributed by atoms with Crippen molar-refractivity contribution in [1.29, 1.82) is 0 Å². The summed E-state index contributed by atoms with van der Waals surface area (Å²) in [5.41, 5.74) is 1.25. The van der Waals surface area contributed by atoms with Crippen LogP contribution in [-0.2, 0) is 82.5 Å². The van der Waals surface area contributed by atoms with Crippen LogP contribution < -0.4 is 0 Å². The molecule has 76 heavy (non-hydrogen) atoms. The fourth-order valence-corrected chi connectivity index (χ4v) is 10.0. The van der Waals surface area contributed by atoms with Gasteiger partial charge in [0.1, 0.15) is 42.7 Å². The number of ether oxygens (including phenoxy) is 10. The molecule has 0 bridgehead atoms. The molecule has 396 valence electrons. The highest BCUT2D eigenvalue weighted by molar-refractivity contribution is 5.68. The fourth-order valence-electron chi connectivity index (χ4n) is 10.0. The summed E-state index contributed by atoms with van der Waals surface area (Å²) in [6.45, 7) is 3.97. The fraction of sp³-hybridized carbons (Fsp3) is 0.317. The molecule has 2 aliphatic rings. The Kier molecular flexibility index (Phi) is 17.6. The van der Waals surface area contributed by atoms with Crippen LogP contribution in [0.5, 0.6) is 0 Å². The SMILES string of the molecule is CC(=O)OC[C@H]1O[C@H](O[C@]2(COC(c3ccccc3)(c3ccccc3)c3ccccc3)O[C@H](COC(c3ccccc3)(c3ccccc3)c3ccccc3)[C@@H](OC(C)=O)[C@@H]2OC(C)=O)[C@H](OC(C)=O)[C@@H](O)[C@H]1OC(C)=O. The Morgan fingerprint density at radius 1 is 0.447 bits per heavy atom. The van der Waals surface area contributed by atoms with Crippen LogP contribution in [0.1, 0.15) is 68.0 Å². The van der Waals surface area contributed by atoms with Crippen molar-refractivity contribution >= 4 is 29.8 Å². The highest BCUT2D eigenvalue weighted by Crippen LogP contribution is 2.47. The molecule has 0 spiro atoms. The van der Waals surface area contributed by atoms with Crippen molar-refractivity contribution in [2.24, 2.45) is 0 Å². The molecule has 0 radical (unpaired) electrons. The topological polar surface area (TPSA) is 198 Å². The standard InChI is InChI=1S/C60H60O16/c1-39(61)67-36-50-53(70-40(2)62)52(66)55(72-42(4)64)57(74-50)76-58(38-69-60(47-30-18-9-19-31-47,48-32-20-10-21-33-48)49-34-22-11-23-35-49)56(73-43(5)65)54(71-41(3)63)51(75-58)37-68-59(44-24-12-6-13-25-44,45-26-14-7-15-27-45)46-28-16-8-17-29-46/h6-35,50-57,66H,36-38H2,1-5H3/t50-,51-,52+,53+,54-,55-,56+,57-,58+/m1/s1. The molecule has 8 rings (SSSR count). The van der Waals surface area contributed by atoms with Gasteiger partial charge in [0, 0.05) is 34.6 Å². The van der Waals surface area contributed by atoms with E-state index >= 15 is 0 Å². The van der Waals surface area contributed by atoms with Crippen LogP contribution in [0.15, 0.2) is 182 Å². The predicted octanol–water partition coefficient (Wildman–Crippen LogP) is 7.49. The molecule has 6 aromatic carbocycles. The van der Waals surface area contributed by atoms with Crippen molar-refractivity contribution in [2.45, 2.75) is 101 Å². The first kappa shape index (κ1) is 54.7. The first-order valence-electron chi connectivity index (χ1n) is 24.8. The van der Waals surface area contributed by atoms with Crippen LogP contribution >= 0.6 is 0 Å². The number of carbonyl (C=O) groups excluding carboxylic acids is 5. The van der Waals surface area contributed by atoms with Gasteiger partial charge in [-0.2, -0.15) is 0 Å². The number of aliphatic hydroxyl groups is 1. The van der Waals surface area contributed by atoms with Crippen molar-refractivity contribution in [3.63, 3.8) is 0 Å². The quantitative estimate of drug-likeness (QED) is 0.0448. The van der Waals surface area contributed by atoms with E-state index in [-0.39, 0.29) is 0 Å². The predicted molar refractivity (Wildman–Crippen MR) is 273 cm³/mol. The number of hydrogen-bond donors (Lipinski definition) is 1. The summed E-state index contributed by atoms with van der Waals surface area (Å²) in [4.78, 5) is 65.0. The number of rotatable bonds is 20. The van der Waals surface area contributed by atoms with Crippen molar-refractivity contribution in [3.8, 4) is 0 Å². The maximum absolute atomic E-state index is 13.7. The maximum Gasteiger partial charge on any atom is 0.303 e. The molecular formula is C60H60O16. The van der Waals surface area contributed by atoms with Gasteiger partial charge in [-0.05, 0) is 33.4 Å². The number of aliphatic hydroxyl groups excluding tert-OH is 1. The lowest BCUT2D eigenvalue weighted by molar-refractivity contribution is -0.388. The summed E-state index contributed by atoms with van der Waals surface area (Å²) in [7, 11) is 0. The monoisotopic (exact) mass is 1040 g/mol. The minimum Gasteiger partial charge on any atom is -0.463 e.